The molecule has 0 atom stereocenters. The third-order valence-electron chi connectivity index (χ3n) is 3.40. The van der Waals surface area contributed by atoms with E-state index in [4.69, 9.17) is 0 Å². The summed E-state index contributed by atoms with van der Waals surface area (Å²) in [5.41, 5.74) is 0. The van der Waals surface area contributed by atoms with Gasteiger partial charge in [0.2, 0.25) is 0 Å². The van der Waals surface area contributed by atoms with Crippen LogP contribution in [-0.4, -0.2) is 8.80 Å². The standard InChI is InChI=1S/C18H16Si.FH/c1-4-10-16(11-5-1)19(17-12-6-2-7-13-17)18-14-8-3-9-15-18;/h1-15,19H;1H. The number of benzene rings is 3. The van der Waals surface area contributed by atoms with Crippen molar-refractivity contribution in [2.75, 3.05) is 0 Å². The summed E-state index contributed by atoms with van der Waals surface area (Å²) >= 11 is 0. The van der Waals surface area contributed by atoms with Gasteiger partial charge in [0.1, 0.15) is 8.80 Å². The Kier molecular flexibility index (Phi) is 4.85. The molecule has 0 saturated heterocycles. The Bertz CT molecular complexity index is 529. The van der Waals surface area contributed by atoms with Gasteiger partial charge in [0.15, 0.2) is 0 Å². The topological polar surface area (TPSA) is 0 Å². The van der Waals surface area contributed by atoms with E-state index < -0.39 is 8.80 Å². The summed E-state index contributed by atoms with van der Waals surface area (Å²) in [6, 6.07) is 32.7. The molecule has 0 heterocycles. The van der Waals surface area contributed by atoms with Crippen molar-refractivity contribution in [3.05, 3.63) is 91.0 Å². The summed E-state index contributed by atoms with van der Waals surface area (Å²) in [5, 5.41) is 4.42. The molecule has 0 amide bonds. The van der Waals surface area contributed by atoms with Crippen LogP contribution in [0.15, 0.2) is 91.0 Å². The van der Waals surface area contributed by atoms with Crippen molar-refractivity contribution >= 4 is 24.4 Å². The fourth-order valence-corrected chi connectivity index (χ4v) is 5.49. The highest BCUT2D eigenvalue weighted by atomic mass is 28.3. The SMILES string of the molecule is F.c1ccc([SiH](c2ccccc2)c2ccccc2)cc1. The quantitative estimate of drug-likeness (QED) is 0.509. The molecule has 0 saturated carbocycles. The van der Waals surface area contributed by atoms with Crippen LogP contribution in [0.2, 0.25) is 0 Å². The average molecular weight is 280 g/mol. The molecule has 0 radical (unpaired) electrons. The van der Waals surface area contributed by atoms with Crippen LogP contribution in [0, 0.1) is 0 Å². The van der Waals surface area contributed by atoms with Gasteiger partial charge in [-0.05, 0) is 0 Å². The van der Waals surface area contributed by atoms with Crippen LogP contribution in [0.25, 0.3) is 0 Å². The lowest BCUT2D eigenvalue weighted by atomic mass is 10.3. The highest BCUT2D eigenvalue weighted by Gasteiger charge is 2.17. The van der Waals surface area contributed by atoms with Gasteiger partial charge in [0.05, 0.1) is 0 Å². The molecule has 3 rings (SSSR count). The molecule has 100 valence electrons. The molecule has 0 nitrogen and oxygen atoms in total. The van der Waals surface area contributed by atoms with Crippen molar-refractivity contribution in [2.45, 2.75) is 0 Å². The van der Waals surface area contributed by atoms with Crippen LogP contribution in [0.3, 0.4) is 0 Å². The predicted octanol–water partition coefficient (Wildman–Crippen LogP) is 2.09. The molecule has 0 aliphatic carbocycles. The zero-order valence-electron chi connectivity index (χ0n) is 11.1. The number of hydrogen-bond donors (Lipinski definition) is 0. The second-order valence-electron chi connectivity index (χ2n) is 4.67. The van der Waals surface area contributed by atoms with E-state index in [0.29, 0.717) is 0 Å². The molecule has 0 fully saturated rings. The molecular weight excluding hydrogens is 263 g/mol. The molecule has 0 aliphatic rings. The third kappa shape index (κ3) is 3.03. The van der Waals surface area contributed by atoms with E-state index in [2.05, 4.69) is 91.0 Å². The molecule has 3 aromatic carbocycles. The first-order valence-corrected chi connectivity index (χ1v) is 8.33. The first kappa shape index (κ1) is 14.2. The second kappa shape index (κ2) is 6.82. The molecule has 0 aromatic heterocycles. The Morgan fingerprint density at radius 1 is 0.400 bits per heavy atom. The fraction of sp³-hybridized carbons (Fsp3) is 0. The van der Waals surface area contributed by atoms with Crippen molar-refractivity contribution in [3.8, 4) is 0 Å². The molecule has 0 aliphatic heterocycles. The number of hydrogen-bond acceptors (Lipinski definition) is 0. The normalized spacial score (nSPS) is 10.1. The Labute approximate surface area is 120 Å². The Morgan fingerprint density at radius 2 is 0.650 bits per heavy atom. The maximum absolute atomic E-state index is 2.26. The highest BCUT2D eigenvalue weighted by Crippen LogP contribution is 1.95. The van der Waals surface area contributed by atoms with Gasteiger partial charge in [0.25, 0.3) is 0 Å². The maximum atomic E-state index is 2.26. The zero-order valence-corrected chi connectivity index (χ0v) is 12.3. The van der Waals surface area contributed by atoms with Gasteiger partial charge in [-0.2, -0.15) is 0 Å². The third-order valence-corrected chi connectivity index (χ3v) is 6.55. The minimum Gasteiger partial charge on any atom is -0.269 e. The van der Waals surface area contributed by atoms with E-state index in [9.17, 15) is 0 Å². The van der Waals surface area contributed by atoms with Gasteiger partial charge < -0.3 is 0 Å². The monoisotopic (exact) mass is 280 g/mol. The van der Waals surface area contributed by atoms with Crippen molar-refractivity contribution in [3.63, 3.8) is 0 Å². The lowest BCUT2D eigenvalue weighted by molar-refractivity contribution is 1.11. The van der Waals surface area contributed by atoms with Crippen LogP contribution >= 0.6 is 0 Å². The summed E-state index contributed by atoms with van der Waals surface area (Å²) in [4.78, 5) is 0. The van der Waals surface area contributed by atoms with Crippen LogP contribution in [0.1, 0.15) is 0 Å². The molecular formula is C18H17FSi. The molecule has 0 bridgehead atoms. The Balaban J connectivity index is 0.00000147. The van der Waals surface area contributed by atoms with Crippen molar-refractivity contribution in [1.29, 1.82) is 0 Å². The van der Waals surface area contributed by atoms with E-state index in [0.717, 1.165) is 0 Å². The number of rotatable bonds is 3. The van der Waals surface area contributed by atoms with Gasteiger partial charge in [-0.3, -0.25) is 4.70 Å². The highest BCUT2D eigenvalue weighted by molar-refractivity contribution is 6.95. The molecule has 20 heavy (non-hydrogen) atoms. The summed E-state index contributed by atoms with van der Waals surface area (Å²) in [6.07, 6.45) is 0. The molecule has 0 spiro atoms. The van der Waals surface area contributed by atoms with E-state index in [-0.39, 0.29) is 4.70 Å². The summed E-state index contributed by atoms with van der Waals surface area (Å²) in [6.45, 7) is 0. The van der Waals surface area contributed by atoms with Gasteiger partial charge in [0, 0.05) is 0 Å². The zero-order chi connectivity index (χ0) is 12.9. The predicted molar refractivity (Wildman–Crippen MR) is 87.9 cm³/mol. The van der Waals surface area contributed by atoms with Gasteiger partial charge in [-0.1, -0.05) is 107 Å². The first-order chi connectivity index (χ1) is 9.45. The Morgan fingerprint density at radius 3 is 0.900 bits per heavy atom. The summed E-state index contributed by atoms with van der Waals surface area (Å²) in [7, 11) is -1.31. The molecule has 0 N–H and O–H groups in total. The lowest BCUT2D eigenvalue weighted by Crippen LogP contribution is -2.51. The fourth-order valence-electron chi connectivity index (χ4n) is 2.51. The van der Waals surface area contributed by atoms with E-state index in [1.807, 2.05) is 0 Å². The smallest absolute Gasteiger partial charge is 0.132 e. The summed E-state index contributed by atoms with van der Waals surface area (Å²) in [5.74, 6) is 0. The van der Waals surface area contributed by atoms with Crippen molar-refractivity contribution < 1.29 is 4.70 Å². The van der Waals surface area contributed by atoms with Crippen LogP contribution < -0.4 is 15.6 Å². The van der Waals surface area contributed by atoms with Gasteiger partial charge >= 0.3 is 0 Å². The molecule has 3 aromatic rings. The van der Waals surface area contributed by atoms with Gasteiger partial charge in [-0.15, -0.1) is 0 Å². The molecule has 0 unspecified atom stereocenters. The van der Waals surface area contributed by atoms with Gasteiger partial charge in [-0.25, -0.2) is 0 Å². The van der Waals surface area contributed by atoms with E-state index in [1.54, 1.807) is 0 Å². The number of halogens is 1. The second-order valence-corrected chi connectivity index (χ2v) is 7.53. The average Bonchev–Trinajstić information content (AvgIpc) is 2.51. The molecule has 2 heteroatoms. The Hall–Kier alpha value is -2.19. The first-order valence-electron chi connectivity index (χ1n) is 6.60. The van der Waals surface area contributed by atoms with E-state index >= 15 is 0 Å². The largest absolute Gasteiger partial charge is 0.269 e. The van der Waals surface area contributed by atoms with Crippen molar-refractivity contribution in [1.82, 2.24) is 0 Å². The maximum Gasteiger partial charge on any atom is 0.132 e. The van der Waals surface area contributed by atoms with Crippen LogP contribution in [0.4, 0.5) is 4.70 Å². The van der Waals surface area contributed by atoms with Crippen LogP contribution in [-0.2, 0) is 0 Å². The lowest BCUT2D eigenvalue weighted by Gasteiger charge is -2.16. The minimum atomic E-state index is -1.31. The summed E-state index contributed by atoms with van der Waals surface area (Å²) < 4.78 is 0. The van der Waals surface area contributed by atoms with E-state index in [1.165, 1.54) is 15.6 Å². The van der Waals surface area contributed by atoms with Crippen LogP contribution in [0.5, 0.6) is 0 Å². The van der Waals surface area contributed by atoms with Crippen molar-refractivity contribution in [2.24, 2.45) is 0 Å². The minimum absolute atomic E-state index is 0.